The Bertz CT molecular complexity index is 361. The molecule has 0 atom stereocenters. The van der Waals surface area contributed by atoms with E-state index in [9.17, 15) is 5.11 Å². The first kappa shape index (κ1) is 14.0. The molecule has 100 valence electrons. The van der Waals surface area contributed by atoms with Gasteiger partial charge in [-0.3, -0.25) is 4.98 Å². The van der Waals surface area contributed by atoms with Crippen LogP contribution in [-0.2, 0) is 6.54 Å². The van der Waals surface area contributed by atoms with Crippen molar-refractivity contribution in [3.63, 3.8) is 0 Å². The molecule has 0 amide bonds. The summed E-state index contributed by atoms with van der Waals surface area (Å²) in [4.78, 5) is 4.34. The van der Waals surface area contributed by atoms with E-state index in [0.717, 1.165) is 36.1 Å². The predicted molar refractivity (Wildman–Crippen MR) is 76.2 cm³/mol. The highest BCUT2D eigenvalue weighted by molar-refractivity contribution is 9.10. The summed E-state index contributed by atoms with van der Waals surface area (Å²) in [6.07, 6.45) is 7.92. The Balaban J connectivity index is 1.81. The van der Waals surface area contributed by atoms with Crippen molar-refractivity contribution in [1.29, 1.82) is 0 Å². The lowest BCUT2D eigenvalue weighted by Gasteiger charge is -2.35. The third-order valence-electron chi connectivity index (χ3n) is 3.84. The minimum atomic E-state index is 0.105. The summed E-state index contributed by atoms with van der Waals surface area (Å²) >= 11 is 3.38. The van der Waals surface area contributed by atoms with Crippen molar-refractivity contribution in [2.24, 2.45) is 5.41 Å². The van der Waals surface area contributed by atoms with E-state index in [4.69, 9.17) is 0 Å². The quantitative estimate of drug-likeness (QED) is 0.878. The Hall–Kier alpha value is -0.450. The average Bonchev–Trinajstić information content (AvgIpc) is 2.42. The molecule has 1 aromatic heterocycles. The summed E-state index contributed by atoms with van der Waals surface area (Å²) in [6.45, 7) is 1.96. The van der Waals surface area contributed by atoms with Gasteiger partial charge < -0.3 is 10.4 Å². The summed E-state index contributed by atoms with van der Waals surface area (Å²) in [5.41, 5.74) is 1.15. The van der Waals surface area contributed by atoms with E-state index < -0.39 is 0 Å². The maximum absolute atomic E-state index is 9.61. The van der Waals surface area contributed by atoms with E-state index in [0.29, 0.717) is 6.61 Å². The molecule has 0 spiro atoms. The molecule has 0 bridgehead atoms. The minimum Gasteiger partial charge on any atom is -0.396 e. The van der Waals surface area contributed by atoms with E-state index in [1.807, 2.05) is 18.3 Å². The lowest BCUT2D eigenvalue weighted by molar-refractivity contribution is 0.0810. The molecule has 0 radical (unpaired) electrons. The molecule has 0 aliphatic heterocycles. The first-order chi connectivity index (χ1) is 8.74. The number of nitrogens with one attached hydrogen (secondary N) is 1. The van der Waals surface area contributed by atoms with Crippen LogP contribution in [0.1, 0.15) is 37.8 Å². The number of hydrogen-bond donors (Lipinski definition) is 2. The molecule has 0 aromatic carbocycles. The van der Waals surface area contributed by atoms with Gasteiger partial charge in [0, 0.05) is 35.8 Å². The zero-order valence-corrected chi connectivity index (χ0v) is 12.2. The fraction of sp³-hybridized carbons (Fsp3) is 0.643. The Morgan fingerprint density at radius 3 is 2.67 bits per heavy atom. The summed E-state index contributed by atoms with van der Waals surface area (Å²) in [5, 5.41) is 13.1. The van der Waals surface area contributed by atoms with Crippen LogP contribution < -0.4 is 5.32 Å². The van der Waals surface area contributed by atoms with Crippen LogP contribution in [0.25, 0.3) is 0 Å². The topological polar surface area (TPSA) is 45.1 Å². The maximum Gasteiger partial charge on any atom is 0.0542 e. The van der Waals surface area contributed by atoms with Gasteiger partial charge in [-0.15, -0.1) is 0 Å². The molecule has 1 fully saturated rings. The fourth-order valence-corrected chi connectivity index (χ4v) is 2.89. The number of aromatic nitrogens is 1. The van der Waals surface area contributed by atoms with Gasteiger partial charge in [-0.25, -0.2) is 0 Å². The Labute approximate surface area is 117 Å². The van der Waals surface area contributed by atoms with Gasteiger partial charge in [0.05, 0.1) is 5.69 Å². The summed E-state index contributed by atoms with van der Waals surface area (Å²) in [5.74, 6) is 0. The molecule has 1 aliphatic rings. The van der Waals surface area contributed by atoms with Gasteiger partial charge in [-0.05, 0) is 40.9 Å². The molecule has 1 aliphatic carbocycles. The van der Waals surface area contributed by atoms with E-state index in [1.54, 1.807) is 0 Å². The Morgan fingerprint density at radius 1 is 1.28 bits per heavy atom. The second-order valence-corrected chi connectivity index (χ2v) is 6.21. The number of hydrogen-bond acceptors (Lipinski definition) is 3. The standard InChI is InChI=1S/C14H21BrN2O/c15-12-4-5-13(17-8-12)9-16-10-14(11-18)6-2-1-3-7-14/h4-5,8,16,18H,1-3,6-7,9-11H2. The third kappa shape index (κ3) is 3.77. The highest BCUT2D eigenvalue weighted by Crippen LogP contribution is 2.35. The van der Waals surface area contributed by atoms with Gasteiger partial charge in [0.2, 0.25) is 0 Å². The fourth-order valence-electron chi connectivity index (χ4n) is 2.66. The van der Waals surface area contributed by atoms with E-state index in [2.05, 4.69) is 26.2 Å². The summed E-state index contributed by atoms with van der Waals surface area (Å²) < 4.78 is 1.00. The van der Waals surface area contributed by atoms with Crippen molar-refractivity contribution >= 4 is 15.9 Å². The van der Waals surface area contributed by atoms with Crippen LogP contribution in [-0.4, -0.2) is 23.2 Å². The highest BCUT2D eigenvalue weighted by atomic mass is 79.9. The van der Waals surface area contributed by atoms with Crippen LogP contribution in [0, 0.1) is 5.41 Å². The Morgan fingerprint density at radius 2 is 2.06 bits per heavy atom. The second-order valence-electron chi connectivity index (χ2n) is 5.29. The van der Waals surface area contributed by atoms with Crippen LogP contribution in [0.2, 0.25) is 0 Å². The van der Waals surface area contributed by atoms with E-state index in [1.165, 1.54) is 19.3 Å². The average molecular weight is 313 g/mol. The maximum atomic E-state index is 9.61. The molecule has 2 N–H and O–H groups in total. The molecule has 0 saturated heterocycles. The van der Waals surface area contributed by atoms with Crippen LogP contribution in [0.4, 0.5) is 0 Å². The van der Waals surface area contributed by atoms with Crippen molar-refractivity contribution in [3.8, 4) is 0 Å². The summed E-state index contributed by atoms with van der Waals surface area (Å²) in [7, 11) is 0. The van der Waals surface area contributed by atoms with Crippen molar-refractivity contribution in [2.45, 2.75) is 38.6 Å². The van der Waals surface area contributed by atoms with Gasteiger partial charge >= 0.3 is 0 Å². The summed E-state index contributed by atoms with van der Waals surface area (Å²) in [6, 6.07) is 4.02. The lowest BCUT2D eigenvalue weighted by Crippen LogP contribution is -2.38. The number of aliphatic hydroxyl groups is 1. The van der Waals surface area contributed by atoms with Crippen LogP contribution in [0.15, 0.2) is 22.8 Å². The van der Waals surface area contributed by atoms with Gasteiger partial charge in [-0.2, -0.15) is 0 Å². The van der Waals surface area contributed by atoms with Crippen molar-refractivity contribution in [3.05, 3.63) is 28.5 Å². The van der Waals surface area contributed by atoms with E-state index >= 15 is 0 Å². The van der Waals surface area contributed by atoms with Crippen LogP contribution in [0.3, 0.4) is 0 Å². The van der Waals surface area contributed by atoms with Crippen LogP contribution in [0.5, 0.6) is 0 Å². The van der Waals surface area contributed by atoms with E-state index in [-0.39, 0.29) is 5.41 Å². The zero-order valence-electron chi connectivity index (χ0n) is 10.7. The number of halogens is 1. The smallest absolute Gasteiger partial charge is 0.0542 e. The van der Waals surface area contributed by atoms with Crippen molar-refractivity contribution < 1.29 is 5.11 Å². The molecule has 3 nitrogen and oxygen atoms in total. The normalized spacial score (nSPS) is 18.8. The molecule has 1 aromatic rings. The number of rotatable bonds is 5. The second kappa shape index (κ2) is 6.64. The number of pyridine rings is 1. The molecular weight excluding hydrogens is 292 g/mol. The highest BCUT2D eigenvalue weighted by Gasteiger charge is 2.30. The molecular formula is C14H21BrN2O. The first-order valence-corrected chi connectivity index (χ1v) is 7.45. The molecule has 1 heterocycles. The molecule has 1 saturated carbocycles. The van der Waals surface area contributed by atoms with Crippen molar-refractivity contribution in [1.82, 2.24) is 10.3 Å². The number of nitrogens with zero attached hydrogens (tertiary/aromatic N) is 1. The molecule has 4 heteroatoms. The molecule has 18 heavy (non-hydrogen) atoms. The van der Waals surface area contributed by atoms with Crippen LogP contribution >= 0.6 is 15.9 Å². The van der Waals surface area contributed by atoms with Gasteiger partial charge in [-0.1, -0.05) is 19.3 Å². The molecule has 2 rings (SSSR count). The largest absolute Gasteiger partial charge is 0.396 e. The van der Waals surface area contributed by atoms with Gasteiger partial charge in [0.15, 0.2) is 0 Å². The number of aliphatic hydroxyl groups excluding tert-OH is 1. The zero-order chi connectivity index (χ0) is 12.8. The van der Waals surface area contributed by atoms with Crippen molar-refractivity contribution in [2.75, 3.05) is 13.2 Å². The Kier molecular flexibility index (Phi) is 5.15. The monoisotopic (exact) mass is 312 g/mol. The SMILES string of the molecule is OCC1(CNCc2ccc(Br)cn2)CCCCC1. The van der Waals surface area contributed by atoms with Gasteiger partial charge in [0.25, 0.3) is 0 Å². The van der Waals surface area contributed by atoms with Gasteiger partial charge in [0.1, 0.15) is 0 Å². The third-order valence-corrected chi connectivity index (χ3v) is 4.31. The minimum absolute atomic E-state index is 0.105. The first-order valence-electron chi connectivity index (χ1n) is 6.66. The molecule has 0 unspecified atom stereocenters. The predicted octanol–water partition coefficient (Wildman–Crippen LogP) is 2.88. The lowest BCUT2D eigenvalue weighted by atomic mass is 9.74.